The molecule has 1 N–H and O–H groups in total. The number of nitrogens with one attached hydrogen (secondary N) is 1. The molecule has 7 nitrogen and oxygen atoms in total. The number of aryl methyl sites for hydroxylation is 1. The predicted molar refractivity (Wildman–Crippen MR) is 152 cm³/mol. The van der Waals surface area contributed by atoms with Crippen molar-refractivity contribution in [2.24, 2.45) is 0 Å². The van der Waals surface area contributed by atoms with E-state index in [1.54, 1.807) is 67.6 Å². The van der Waals surface area contributed by atoms with Crippen molar-refractivity contribution < 1.29 is 18.0 Å². The van der Waals surface area contributed by atoms with Crippen LogP contribution in [0.2, 0.25) is 10.0 Å². The molecule has 1 unspecified atom stereocenters. The Morgan fingerprint density at radius 1 is 0.947 bits per heavy atom. The quantitative estimate of drug-likeness (QED) is 0.330. The first-order valence-electron chi connectivity index (χ1n) is 12.2. The van der Waals surface area contributed by atoms with Gasteiger partial charge < -0.3 is 10.2 Å². The SMILES string of the molecule is CCCNC(=O)C(C)N(Cc1ccc(Cl)c(Cl)c1)C(=O)CN(c1ccc(C)cc1)S(=O)(=O)c1ccccc1. The van der Waals surface area contributed by atoms with E-state index in [-0.39, 0.29) is 17.3 Å². The van der Waals surface area contributed by atoms with E-state index in [2.05, 4.69) is 5.32 Å². The molecular weight excluding hydrogens is 545 g/mol. The van der Waals surface area contributed by atoms with E-state index in [1.165, 1.54) is 17.0 Å². The van der Waals surface area contributed by atoms with Gasteiger partial charge in [0, 0.05) is 13.1 Å². The Labute approximate surface area is 234 Å². The molecule has 38 heavy (non-hydrogen) atoms. The van der Waals surface area contributed by atoms with Crippen molar-refractivity contribution in [3.63, 3.8) is 0 Å². The number of nitrogens with zero attached hydrogens (tertiary/aromatic N) is 2. The van der Waals surface area contributed by atoms with Gasteiger partial charge in [-0.3, -0.25) is 13.9 Å². The van der Waals surface area contributed by atoms with Gasteiger partial charge in [0.1, 0.15) is 12.6 Å². The molecule has 10 heteroatoms. The molecule has 0 aliphatic carbocycles. The number of benzene rings is 3. The van der Waals surface area contributed by atoms with Crippen molar-refractivity contribution in [1.29, 1.82) is 0 Å². The summed E-state index contributed by atoms with van der Waals surface area (Å²) in [6.45, 7) is 5.41. The monoisotopic (exact) mass is 575 g/mol. The molecule has 202 valence electrons. The van der Waals surface area contributed by atoms with Gasteiger partial charge in [-0.15, -0.1) is 0 Å². The molecule has 3 rings (SSSR count). The third-order valence-electron chi connectivity index (χ3n) is 5.99. The van der Waals surface area contributed by atoms with Gasteiger partial charge in [0.2, 0.25) is 11.8 Å². The molecule has 0 heterocycles. The Morgan fingerprint density at radius 2 is 1.61 bits per heavy atom. The smallest absolute Gasteiger partial charge is 0.264 e. The number of amides is 2. The number of rotatable bonds is 11. The summed E-state index contributed by atoms with van der Waals surface area (Å²) in [6, 6.07) is 18.9. The summed E-state index contributed by atoms with van der Waals surface area (Å²) >= 11 is 12.2. The van der Waals surface area contributed by atoms with Gasteiger partial charge in [0.15, 0.2) is 0 Å². The Bertz CT molecular complexity index is 1370. The lowest BCUT2D eigenvalue weighted by atomic mass is 10.1. The van der Waals surface area contributed by atoms with Crippen molar-refractivity contribution in [1.82, 2.24) is 10.2 Å². The first-order chi connectivity index (χ1) is 18.0. The van der Waals surface area contributed by atoms with E-state index in [9.17, 15) is 18.0 Å². The zero-order valence-electron chi connectivity index (χ0n) is 21.5. The highest BCUT2D eigenvalue weighted by Crippen LogP contribution is 2.26. The molecular formula is C28H31Cl2N3O4S. The highest BCUT2D eigenvalue weighted by molar-refractivity contribution is 7.92. The fraction of sp³-hybridized carbons (Fsp3) is 0.286. The van der Waals surface area contributed by atoms with Crippen LogP contribution in [0.25, 0.3) is 0 Å². The fourth-order valence-corrected chi connectivity index (χ4v) is 5.53. The molecule has 0 fully saturated rings. The van der Waals surface area contributed by atoms with Gasteiger partial charge >= 0.3 is 0 Å². The van der Waals surface area contributed by atoms with E-state index in [4.69, 9.17) is 23.2 Å². The first-order valence-corrected chi connectivity index (χ1v) is 14.4. The van der Waals surface area contributed by atoms with Crippen molar-refractivity contribution >= 4 is 50.7 Å². The Kier molecular flexibility index (Phi) is 10.2. The average Bonchev–Trinajstić information content (AvgIpc) is 2.91. The molecule has 3 aromatic rings. The second-order valence-electron chi connectivity index (χ2n) is 8.90. The number of sulfonamides is 1. The zero-order valence-corrected chi connectivity index (χ0v) is 23.9. The van der Waals surface area contributed by atoms with Crippen LogP contribution in [0.1, 0.15) is 31.4 Å². The molecule has 2 amide bonds. The predicted octanol–water partition coefficient (Wildman–Crippen LogP) is 5.44. The van der Waals surface area contributed by atoms with Crippen molar-refractivity contribution in [3.8, 4) is 0 Å². The molecule has 0 spiro atoms. The Morgan fingerprint density at radius 3 is 2.21 bits per heavy atom. The molecule has 0 saturated carbocycles. The van der Waals surface area contributed by atoms with Gasteiger partial charge in [-0.1, -0.05) is 72.1 Å². The average molecular weight is 577 g/mol. The highest BCUT2D eigenvalue weighted by atomic mass is 35.5. The van der Waals surface area contributed by atoms with E-state index < -0.39 is 28.5 Å². The normalized spacial score (nSPS) is 12.0. The Balaban J connectivity index is 2.01. The van der Waals surface area contributed by atoms with Gasteiger partial charge in [-0.25, -0.2) is 8.42 Å². The van der Waals surface area contributed by atoms with E-state index in [0.29, 0.717) is 27.8 Å². The standard InChI is InChI=1S/C28H31Cl2N3O4S/c1-4-16-31-28(35)21(3)32(18-22-12-15-25(29)26(30)17-22)27(34)19-33(23-13-10-20(2)11-14-23)38(36,37)24-8-6-5-7-9-24/h5-15,17,21H,4,16,18-19H2,1-3H3,(H,31,35). The number of carbonyl (C=O) groups is 2. The maximum absolute atomic E-state index is 13.8. The minimum atomic E-state index is -4.09. The van der Waals surface area contributed by atoms with E-state index >= 15 is 0 Å². The molecule has 0 aromatic heterocycles. The number of hydrogen-bond acceptors (Lipinski definition) is 4. The summed E-state index contributed by atoms with van der Waals surface area (Å²) in [6.07, 6.45) is 0.732. The minimum Gasteiger partial charge on any atom is -0.354 e. The lowest BCUT2D eigenvalue weighted by molar-refractivity contribution is -0.139. The highest BCUT2D eigenvalue weighted by Gasteiger charge is 2.32. The summed E-state index contributed by atoms with van der Waals surface area (Å²) in [4.78, 5) is 28.1. The molecule has 0 bridgehead atoms. The molecule has 0 saturated heterocycles. The maximum Gasteiger partial charge on any atom is 0.264 e. The molecule has 1 atom stereocenters. The largest absolute Gasteiger partial charge is 0.354 e. The van der Waals surface area contributed by atoms with Gasteiger partial charge in [-0.2, -0.15) is 0 Å². The number of hydrogen-bond donors (Lipinski definition) is 1. The third-order valence-corrected chi connectivity index (χ3v) is 8.51. The van der Waals surface area contributed by atoms with Crippen LogP contribution in [0.3, 0.4) is 0 Å². The lowest BCUT2D eigenvalue weighted by Crippen LogP contribution is -2.51. The van der Waals surface area contributed by atoms with Gasteiger partial charge in [0.25, 0.3) is 10.0 Å². The molecule has 3 aromatic carbocycles. The second kappa shape index (κ2) is 13.1. The van der Waals surface area contributed by atoms with E-state index in [1.807, 2.05) is 13.8 Å². The van der Waals surface area contributed by atoms with Crippen molar-refractivity contribution in [2.45, 2.75) is 44.7 Å². The first kappa shape index (κ1) is 29.5. The molecule has 0 aliphatic heterocycles. The summed E-state index contributed by atoms with van der Waals surface area (Å²) in [5, 5.41) is 3.48. The van der Waals surface area contributed by atoms with Crippen molar-refractivity contribution in [3.05, 3.63) is 94.0 Å². The second-order valence-corrected chi connectivity index (χ2v) is 11.6. The van der Waals surface area contributed by atoms with Crippen LogP contribution in [0.5, 0.6) is 0 Å². The summed E-state index contributed by atoms with van der Waals surface area (Å²) in [5.74, 6) is -0.886. The van der Waals surface area contributed by atoms with Crippen LogP contribution in [0, 0.1) is 6.92 Å². The number of anilines is 1. The van der Waals surface area contributed by atoms with Crippen LogP contribution < -0.4 is 9.62 Å². The maximum atomic E-state index is 13.8. The number of halogens is 2. The van der Waals surface area contributed by atoms with Crippen LogP contribution >= 0.6 is 23.2 Å². The van der Waals surface area contributed by atoms with Gasteiger partial charge in [-0.05, 0) is 62.2 Å². The lowest BCUT2D eigenvalue weighted by Gasteiger charge is -2.32. The van der Waals surface area contributed by atoms with Crippen LogP contribution in [0.4, 0.5) is 5.69 Å². The van der Waals surface area contributed by atoms with Crippen LogP contribution in [0.15, 0.2) is 77.7 Å². The Hall–Kier alpha value is -3.07. The third kappa shape index (κ3) is 7.28. The summed E-state index contributed by atoms with van der Waals surface area (Å²) in [5.41, 5.74) is 1.93. The van der Waals surface area contributed by atoms with Crippen LogP contribution in [-0.4, -0.2) is 44.3 Å². The number of carbonyl (C=O) groups excluding carboxylic acids is 2. The fourth-order valence-electron chi connectivity index (χ4n) is 3.77. The molecule has 0 aliphatic rings. The van der Waals surface area contributed by atoms with E-state index in [0.717, 1.165) is 16.3 Å². The van der Waals surface area contributed by atoms with Crippen LogP contribution in [-0.2, 0) is 26.2 Å². The topological polar surface area (TPSA) is 86.8 Å². The summed E-state index contributed by atoms with van der Waals surface area (Å²) < 4.78 is 28.5. The van der Waals surface area contributed by atoms with Crippen molar-refractivity contribution in [2.75, 3.05) is 17.4 Å². The van der Waals surface area contributed by atoms with Gasteiger partial charge in [0.05, 0.1) is 20.6 Å². The molecule has 0 radical (unpaired) electrons. The minimum absolute atomic E-state index is 0.0313. The zero-order chi connectivity index (χ0) is 27.9. The summed E-state index contributed by atoms with van der Waals surface area (Å²) in [7, 11) is -4.09.